The molecular weight excluding hydrogens is 463 g/mol. The number of imide groups is 1. The third-order valence-electron chi connectivity index (χ3n) is 5.47. The molecule has 8 nitrogen and oxygen atoms in total. The minimum absolute atomic E-state index is 0.217. The highest BCUT2D eigenvalue weighted by molar-refractivity contribution is 7.17. The van der Waals surface area contributed by atoms with E-state index in [1.807, 2.05) is 0 Å². The maximum atomic E-state index is 13.1. The lowest BCUT2D eigenvalue weighted by molar-refractivity contribution is -0.133. The van der Waals surface area contributed by atoms with Gasteiger partial charge in [-0.25, -0.2) is 4.79 Å². The Labute approximate surface area is 191 Å². The second-order valence-corrected chi connectivity index (χ2v) is 9.49. The lowest BCUT2D eigenvalue weighted by Gasteiger charge is -2.23. The quantitative estimate of drug-likeness (QED) is 0.569. The molecule has 1 fully saturated rings. The van der Waals surface area contributed by atoms with Crippen molar-refractivity contribution in [2.45, 2.75) is 31.7 Å². The first-order valence-electron chi connectivity index (χ1n) is 9.45. The van der Waals surface area contributed by atoms with Crippen LogP contribution in [0.3, 0.4) is 0 Å². The molecule has 11 heteroatoms. The number of benzene rings is 1. The lowest BCUT2D eigenvalue weighted by atomic mass is 9.92. The van der Waals surface area contributed by atoms with Crippen molar-refractivity contribution in [1.29, 1.82) is 0 Å². The number of anilines is 1. The number of hydrogen-bond acceptors (Lipinski definition) is 5. The summed E-state index contributed by atoms with van der Waals surface area (Å²) < 4.78 is 0. The SMILES string of the molecule is C[C@]1(c2ccc(Cl)cc2Cl)NC(=O)N(CC(=O)Nc2sc3c(c2C(N)=O)CCC3)C1=O. The van der Waals surface area contributed by atoms with Crippen LogP contribution in [0.1, 0.15) is 39.7 Å². The van der Waals surface area contributed by atoms with Crippen LogP contribution >= 0.6 is 34.5 Å². The van der Waals surface area contributed by atoms with Crippen molar-refractivity contribution in [3.8, 4) is 0 Å². The Morgan fingerprint density at radius 3 is 2.71 bits per heavy atom. The Kier molecular flexibility index (Phi) is 5.45. The fourth-order valence-electron chi connectivity index (χ4n) is 3.98. The maximum absolute atomic E-state index is 13.1. The molecule has 1 aromatic heterocycles. The van der Waals surface area contributed by atoms with Gasteiger partial charge in [0.1, 0.15) is 17.1 Å². The van der Waals surface area contributed by atoms with E-state index in [1.54, 1.807) is 12.1 Å². The Morgan fingerprint density at radius 2 is 2.03 bits per heavy atom. The van der Waals surface area contributed by atoms with E-state index in [0.29, 0.717) is 21.2 Å². The van der Waals surface area contributed by atoms with E-state index in [-0.39, 0.29) is 5.02 Å². The average molecular weight is 481 g/mol. The van der Waals surface area contributed by atoms with Crippen molar-refractivity contribution >= 4 is 63.3 Å². The molecule has 2 heterocycles. The van der Waals surface area contributed by atoms with Crippen LogP contribution in [0.15, 0.2) is 18.2 Å². The number of aryl methyl sites for hydroxylation is 1. The second-order valence-electron chi connectivity index (χ2n) is 7.54. The molecule has 0 unspecified atom stereocenters. The monoisotopic (exact) mass is 480 g/mol. The molecule has 1 aliphatic heterocycles. The number of halogens is 2. The summed E-state index contributed by atoms with van der Waals surface area (Å²) in [6, 6.07) is 3.86. The first-order valence-corrected chi connectivity index (χ1v) is 11.0. The van der Waals surface area contributed by atoms with Gasteiger partial charge in [-0.05, 0) is 43.9 Å². The van der Waals surface area contributed by atoms with Crippen LogP contribution in [0, 0.1) is 0 Å². The van der Waals surface area contributed by atoms with Crippen molar-refractivity contribution < 1.29 is 19.2 Å². The summed E-state index contributed by atoms with van der Waals surface area (Å²) >= 11 is 13.4. The number of nitrogens with two attached hydrogens (primary N) is 1. The van der Waals surface area contributed by atoms with E-state index in [4.69, 9.17) is 28.9 Å². The molecule has 1 aromatic carbocycles. The standard InChI is InChI=1S/C20H18Cl2N4O4S/c1-20(11-6-5-9(21)7-12(11)22)18(29)26(19(30)25-20)8-14(27)24-17-15(16(23)28)10-3-2-4-13(10)31-17/h5-7H,2-4,8H2,1H3,(H2,23,28)(H,24,27)(H,25,30)/t20-/m1/s1. The fourth-order valence-corrected chi connectivity index (χ4v) is 5.89. The number of rotatable bonds is 5. The molecule has 2 aliphatic rings. The molecule has 0 bridgehead atoms. The van der Waals surface area contributed by atoms with Gasteiger partial charge < -0.3 is 16.4 Å². The predicted octanol–water partition coefficient (Wildman–Crippen LogP) is 3.05. The van der Waals surface area contributed by atoms with E-state index in [2.05, 4.69) is 10.6 Å². The average Bonchev–Trinajstić information content (AvgIpc) is 3.30. The summed E-state index contributed by atoms with van der Waals surface area (Å²) in [5.74, 6) is -1.85. The van der Waals surface area contributed by atoms with Crippen molar-refractivity contribution in [3.63, 3.8) is 0 Å². The van der Waals surface area contributed by atoms with Gasteiger partial charge in [-0.2, -0.15) is 0 Å². The molecule has 0 radical (unpaired) electrons. The number of amides is 5. The van der Waals surface area contributed by atoms with Gasteiger partial charge in [-0.1, -0.05) is 29.3 Å². The summed E-state index contributed by atoms with van der Waals surface area (Å²) in [7, 11) is 0. The number of nitrogens with one attached hydrogen (secondary N) is 2. The van der Waals surface area contributed by atoms with Gasteiger partial charge in [0.2, 0.25) is 5.91 Å². The molecule has 0 saturated carbocycles. The summed E-state index contributed by atoms with van der Waals surface area (Å²) in [5, 5.41) is 6.18. The van der Waals surface area contributed by atoms with Gasteiger partial charge in [-0.15, -0.1) is 11.3 Å². The van der Waals surface area contributed by atoms with Gasteiger partial charge in [-0.3, -0.25) is 19.3 Å². The third-order valence-corrected chi connectivity index (χ3v) is 7.22. The first kappa shape index (κ1) is 21.6. The van der Waals surface area contributed by atoms with Gasteiger partial charge >= 0.3 is 6.03 Å². The van der Waals surface area contributed by atoms with Gasteiger partial charge in [0.15, 0.2) is 0 Å². The number of thiophene rings is 1. The predicted molar refractivity (Wildman–Crippen MR) is 118 cm³/mol. The topological polar surface area (TPSA) is 122 Å². The van der Waals surface area contributed by atoms with E-state index in [1.165, 1.54) is 24.3 Å². The van der Waals surface area contributed by atoms with E-state index in [0.717, 1.165) is 34.6 Å². The van der Waals surface area contributed by atoms with Gasteiger partial charge in [0.25, 0.3) is 11.8 Å². The summed E-state index contributed by atoms with van der Waals surface area (Å²) in [4.78, 5) is 51.9. The normalized spacial score (nSPS) is 20.0. The summed E-state index contributed by atoms with van der Waals surface area (Å²) in [5.41, 5.74) is 5.60. The smallest absolute Gasteiger partial charge is 0.325 e. The van der Waals surface area contributed by atoms with Gasteiger partial charge in [0.05, 0.1) is 5.56 Å². The van der Waals surface area contributed by atoms with E-state index >= 15 is 0 Å². The molecule has 31 heavy (non-hydrogen) atoms. The summed E-state index contributed by atoms with van der Waals surface area (Å²) in [6.45, 7) is 0.988. The number of hydrogen-bond donors (Lipinski definition) is 3. The highest BCUT2D eigenvalue weighted by Gasteiger charge is 2.50. The zero-order valence-electron chi connectivity index (χ0n) is 16.4. The van der Waals surface area contributed by atoms with Crippen molar-refractivity contribution in [1.82, 2.24) is 10.2 Å². The van der Waals surface area contributed by atoms with Crippen molar-refractivity contribution in [3.05, 3.63) is 49.8 Å². The van der Waals surface area contributed by atoms with Crippen LogP contribution in [0.4, 0.5) is 9.80 Å². The number of primary amides is 1. The molecule has 4 N–H and O–H groups in total. The van der Waals surface area contributed by atoms with Crippen LogP contribution in [0.25, 0.3) is 0 Å². The molecule has 162 valence electrons. The maximum Gasteiger partial charge on any atom is 0.325 e. The van der Waals surface area contributed by atoms with Crippen molar-refractivity contribution in [2.75, 3.05) is 11.9 Å². The first-order chi connectivity index (χ1) is 14.6. The second kappa shape index (κ2) is 7.81. The fraction of sp³-hybridized carbons (Fsp3) is 0.300. The van der Waals surface area contributed by atoms with Crippen LogP contribution in [0.5, 0.6) is 0 Å². The minimum Gasteiger partial charge on any atom is -0.365 e. The highest BCUT2D eigenvalue weighted by atomic mass is 35.5. The van der Waals surface area contributed by atoms with Gasteiger partial charge in [0, 0.05) is 20.5 Å². The Morgan fingerprint density at radius 1 is 1.29 bits per heavy atom. The highest BCUT2D eigenvalue weighted by Crippen LogP contribution is 2.39. The Hall–Kier alpha value is -2.62. The molecule has 5 amide bonds. The molecule has 1 atom stereocenters. The van der Waals surface area contributed by atoms with E-state index in [9.17, 15) is 19.2 Å². The zero-order chi connectivity index (χ0) is 22.5. The summed E-state index contributed by atoms with van der Waals surface area (Å²) in [6.07, 6.45) is 2.49. The third kappa shape index (κ3) is 3.66. The van der Waals surface area contributed by atoms with Crippen LogP contribution in [-0.4, -0.2) is 35.2 Å². The number of nitrogens with zero attached hydrogens (tertiary/aromatic N) is 1. The Balaban J connectivity index is 1.54. The largest absolute Gasteiger partial charge is 0.365 e. The van der Waals surface area contributed by atoms with Crippen LogP contribution in [0.2, 0.25) is 10.0 Å². The molecule has 1 saturated heterocycles. The number of carbonyl (C=O) groups excluding carboxylic acids is 4. The molecule has 4 rings (SSSR count). The molecule has 0 spiro atoms. The lowest BCUT2D eigenvalue weighted by Crippen LogP contribution is -2.42. The molecule has 2 aromatic rings. The van der Waals surface area contributed by atoms with E-state index < -0.39 is 35.8 Å². The molecule has 1 aliphatic carbocycles. The minimum atomic E-state index is -1.44. The number of carbonyl (C=O) groups is 4. The number of fused-ring (bicyclic) bond motifs is 1. The van der Waals surface area contributed by atoms with Crippen LogP contribution in [-0.2, 0) is 28.0 Å². The number of urea groups is 1. The molecular formula is C20H18Cl2N4O4S. The zero-order valence-corrected chi connectivity index (χ0v) is 18.7. The van der Waals surface area contributed by atoms with Crippen molar-refractivity contribution in [2.24, 2.45) is 5.73 Å². The Bertz CT molecular complexity index is 1150. The van der Waals surface area contributed by atoms with Crippen LogP contribution < -0.4 is 16.4 Å².